The molecule has 0 aromatic heterocycles. The van der Waals surface area contributed by atoms with E-state index in [4.69, 9.17) is 9.47 Å². The predicted molar refractivity (Wildman–Crippen MR) is 105 cm³/mol. The average Bonchev–Trinajstić information content (AvgIpc) is 3.16. The van der Waals surface area contributed by atoms with Crippen LogP contribution in [0.4, 0.5) is 0 Å². The van der Waals surface area contributed by atoms with Crippen LogP contribution >= 0.6 is 0 Å². The van der Waals surface area contributed by atoms with Crippen molar-refractivity contribution in [3.05, 3.63) is 0 Å². The molecule has 6 aliphatic rings. The van der Waals surface area contributed by atoms with Gasteiger partial charge in [0, 0.05) is 56.4 Å². The number of rotatable bonds is 3. The summed E-state index contributed by atoms with van der Waals surface area (Å²) < 4.78 is 12.0. The molecule has 0 aromatic rings. The zero-order valence-electron chi connectivity index (χ0n) is 17.8. The highest BCUT2D eigenvalue weighted by atomic mass is 16.5. The predicted octanol–water partition coefficient (Wildman–Crippen LogP) is 1.90. The molecule has 5 saturated carbocycles. The third-order valence-corrected chi connectivity index (χ3v) is 10.9. The molecule has 6 fully saturated rings. The smallest absolute Gasteiger partial charge is 0.0771 e. The van der Waals surface area contributed by atoms with Crippen molar-refractivity contribution in [1.82, 2.24) is 4.90 Å². The van der Waals surface area contributed by atoms with Gasteiger partial charge in [-0.25, -0.2) is 0 Å². The molecular weight excluding hydrogens is 354 g/mol. The van der Waals surface area contributed by atoms with Crippen molar-refractivity contribution in [1.29, 1.82) is 0 Å². The van der Waals surface area contributed by atoms with E-state index in [0.29, 0.717) is 23.8 Å². The van der Waals surface area contributed by atoms with E-state index in [1.54, 1.807) is 7.11 Å². The maximum atomic E-state index is 12.4. The van der Waals surface area contributed by atoms with Crippen LogP contribution in [0.1, 0.15) is 46.0 Å². The molecule has 7 bridgehead atoms. The number of ether oxygens (including phenoxy) is 2. The van der Waals surface area contributed by atoms with E-state index >= 15 is 0 Å². The molecule has 0 radical (unpaired) electrons. The Kier molecular flexibility index (Phi) is 3.67. The lowest BCUT2D eigenvalue weighted by molar-refractivity contribution is -0.268. The number of piperidine rings is 1. The molecule has 1 spiro atoms. The molecule has 5 nitrogen and oxygen atoms in total. The van der Waals surface area contributed by atoms with Crippen LogP contribution in [-0.2, 0) is 9.47 Å². The van der Waals surface area contributed by atoms with Crippen LogP contribution in [0.5, 0.6) is 0 Å². The van der Waals surface area contributed by atoms with Gasteiger partial charge in [-0.3, -0.25) is 4.90 Å². The van der Waals surface area contributed by atoms with Crippen LogP contribution < -0.4 is 0 Å². The molecular formula is C23H37NO4. The Labute approximate surface area is 168 Å². The fourth-order valence-electron chi connectivity index (χ4n) is 10.4. The van der Waals surface area contributed by atoms with E-state index in [0.717, 1.165) is 45.2 Å². The fraction of sp³-hybridized carbons (Fsp3) is 1.00. The van der Waals surface area contributed by atoms with Crippen LogP contribution in [0.15, 0.2) is 0 Å². The molecule has 0 aromatic carbocycles. The Morgan fingerprint density at radius 2 is 1.93 bits per heavy atom. The normalized spacial score (nSPS) is 64.3. The molecule has 28 heavy (non-hydrogen) atoms. The summed E-state index contributed by atoms with van der Waals surface area (Å²) in [5.74, 6) is 1.58. The summed E-state index contributed by atoms with van der Waals surface area (Å²) in [6.07, 6.45) is 4.75. The number of aliphatic hydroxyl groups excluding tert-OH is 1. The van der Waals surface area contributed by atoms with Crippen molar-refractivity contribution in [2.75, 3.05) is 27.3 Å². The van der Waals surface area contributed by atoms with Crippen LogP contribution in [-0.4, -0.2) is 72.4 Å². The first-order valence-corrected chi connectivity index (χ1v) is 11.6. The van der Waals surface area contributed by atoms with E-state index in [1.165, 1.54) is 0 Å². The molecule has 1 aliphatic heterocycles. The largest absolute Gasteiger partial charge is 0.392 e. The van der Waals surface area contributed by atoms with Crippen molar-refractivity contribution in [3.8, 4) is 0 Å². The Morgan fingerprint density at radius 3 is 2.61 bits per heavy atom. The zero-order chi connectivity index (χ0) is 19.6. The van der Waals surface area contributed by atoms with Gasteiger partial charge in [-0.1, -0.05) is 13.8 Å². The highest BCUT2D eigenvalue weighted by Crippen LogP contribution is 2.78. The van der Waals surface area contributed by atoms with Crippen LogP contribution in [0.25, 0.3) is 0 Å². The van der Waals surface area contributed by atoms with Crippen molar-refractivity contribution >= 4 is 0 Å². The monoisotopic (exact) mass is 391 g/mol. The maximum absolute atomic E-state index is 12.4. The van der Waals surface area contributed by atoms with E-state index in [2.05, 4.69) is 18.7 Å². The Morgan fingerprint density at radius 1 is 1.14 bits per heavy atom. The van der Waals surface area contributed by atoms with Gasteiger partial charge in [-0.2, -0.15) is 0 Å². The summed E-state index contributed by atoms with van der Waals surface area (Å²) in [6, 6.07) is 0.309. The quantitative estimate of drug-likeness (QED) is 0.770. The van der Waals surface area contributed by atoms with Crippen molar-refractivity contribution in [3.63, 3.8) is 0 Å². The lowest BCUT2D eigenvalue weighted by Gasteiger charge is -2.68. The number of hydrogen-bond acceptors (Lipinski definition) is 5. The molecule has 5 aliphatic carbocycles. The Bertz CT molecular complexity index is 688. The number of likely N-dealkylation sites (tertiary alicyclic amines) is 1. The van der Waals surface area contributed by atoms with E-state index in [1.807, 2.05) is 7.11 Å². The highest BCUT2D eigenvalue weighted by Gasteiger charge is 2.83. The van der Waals surface area contributed by atoms with Gasteiger partial charge in [0.1, 0.15) is 0 Å². The summed E-state index contributed by atoms with van der Waals surface area (Å²) in [5, 5.41) is 24.0. The van der Waals surface area contributed by atoms with Crippen LogP contribution in [0, 0.1) is 40.4 Å². The van der Waals surface area contributed by atoms with E-state index in [9.17, 15) is 10.2 Å². The molecule has 0 unspecified atom stereocenters. The molecule has 6 rings (SSSR count). The SMILES string of the molecule is CCN1C[C@]2(C)CC[C@H](O)[C@@]34[C@@H]5C[C@H]6[C@H](OC)[C@@H]5[C@](O)(C[C@@H]6OC)[C@@H](C[C@H]23)[C@H]14. The number of methoxy groups -OCH3 is 2. The molecule has 5 heteroatoms. The first-order chi connectivity index (χ1) is 13.4. The zero-order valence-corrected chi connectivity index (χ0v) is 17.8. The Balaban J connectivity index is 1.59. The van der Waals surface area contributed by atoms with E-state index in [-0.39, 0.29) is 41.0 Å². The molecule has 0 amide bonds. The molecule has 1 saturated heterocycles. The summed E-state index contributed by atoms with van der Waals surface area (Å²) >= 11 is 0. The van der Waals surface area contributed by atoms with Crippen LogP contribution in [0.2, 0.25) is 0 Å². The number of nitrogens with zero attached hydrogens (tertiary/aromatic N) is 1. The number of fused-ring (bicyclic) bond motifs is 2. The first-order valence-electron chi connectivity index (χ1n) is 11.6. The van der Waals surface area contributed by atoms with Gasteiger partial charge in [0.25, 0.3) is 0 Å². The number of hydrogen-bond donors (Lipinski definition) is 2. The number of aliphatic hydroxyl groups is 2. The topological polar surface area (TPSA) is 62.2 Å². The van der Waals surface area contributed by atoms with Gasteiger partial charge >= 0.3 is 0 Å². The van der Waals surface area contributed by atoms with Crippen LogP contribution in [0.3, 0.4) is 0 Å². The summed E-state index contributed by atoms with van der Waals surface area (Å²) in [7, 11) is 3.61. The van der Waals surface area contributed by atoms with Gasteiger partial charge in [0.2, 0.25) is 0 Å². The van der Waals surface area contributed by atoms with E-state index < -0.39 is 5.60 Å². The molecule has 158 valence electrons. The minimum absolute atomic E-state index is 0.0580. The fourth-order valence-corrected chi connectivity index (χ4v) is 10.4. The highest BCUT2D eigenvalue weighted by molar-refractivity contribution is 5.32. The molecule has 2 N–H and O–H groups in total. The average molecular weight is 392 g/mol. The third kappa shape index (κ3) is 1.73. The van der Waals surface area contributed by atoms with Crippen molar-refractivity contribution < 1.29 is 19.7 Å². The van der Waals surface area contributed by atoms with Crippen molar-refractivity contribution in [2.45, 2.75) is 75.9 Å². The minimum Gasteiger partial charge on any atom is -0.392 e. The lowest BCUT2D eigenvalue weighted by Crippen LogP contribution is -2.75. The second-order valence-corrected chi connectivity index (χ2v) is 11.3. The minimum atomic E-state index is -0.731. The second kappa shape index (κ2) is 5.53. The third-order valence-electron chi connectivity index (χ3n) is 10.9. The van der Waals surface area contributed by atoms with Crippen molar-refractivity contribution in [2.24, 2.45) is 40.4 Å². The lowest BCUT2D eigenvalue weighted by atomic mass is 9.43. The Hall–Kier alpha value is -0.200. The second-order valence-electron chi connectivity index (χ2n) is 11.3. The molecule has 12 atom stereocenters. The summed E-state index contributed by atoms with van der Waals surface area (Å²) in [4.78, 5) is 2.65. The van der Waals surface area contributed by atoms with Gasteiger partial charge in [0.15, 0.2) is 0 Å². The van der Waals surface area contributed by atoms with Gasteiger partial charge < -0.3 is 19.7 Å². The molecule has 1 heterocycles. The van der Waals surface area contributed by atoms with Gasteiger partial charge in [-0.05, 0) is 49.5 Å². The standard InChI is InChI=1S/C23H37NO4/c1-5-24-11-21(2)7-6-17(25)23-13-8-12-15(27-3)10-22(26,18(13)19(12)28-4)14(20(23)24)9-16(21)23/h12-20,25-26H,5-11H2,1-4H3/t12-,13-,14+,15+,16-,17+,18-,19+,20+,21+,22+,23-/m1/s1. The van der Waals surface area contributed by atoms with Gasteiger partial charge in [-0.15, -0.1) is 0 Å². The summed E-state index contributed by atoms with van der Waals surface area (Å²) in [5.41, 5.74) is -0.543. The summed E-state index contributed by atoms with van der Waals surface area (Å²) in [6.45, 7) is 6.88. The first kappa shape index (κ1) is 18.6. The maximum Gasteiger partial charge on any atom is 0.0771 e. The van der Waals surface area contributed by atoms with Gasteiger partial charge in [0.05, 0.1) is 23.9 Å².